The van der Waals surface area contributed by atoms with E-state index >= 15 is 0 Å². The molecule has 0 bridgehead atoms. The van der Waals surface area contributed by atoms with E-state index in [9.17, 15) is 14.4 Å². The molecular weight excluding hydrogens is 498 g/mol. The Morgan fingerprint density at radius 3 is 2.37 bits per heavy atom. The van der Waals surface area contributed by atoms with Crippen LogP contribution in [-0.4, -0.2) is 64.1 Å². The molecule has 0 aliphatic carbocycles. The molecule has 38 heavy (non-hydrogen) atoms. The van der Waals surface area contributed by atoms with Gasteiger partial charge in [-0.2, -0.15) is 0 Å². The minimum Gasteiger partial charge on any atom is -0.382 e. The summed E-state index contributed by atoms with van der Waals surface area (Å²) in [5.41, 5.74) is 3.93. The number of aromatic nitrogens is 2. The van der Waals surface area contributed by atoms with Gasteiger partial charge < -0.3 is 10.2 Å². The smallest absolute Gasteiger partial charge is 0.261 e. The molecule has 3 heterocycles. The van der Waals surface area contributed by atoms with Crippen molar-refractivity contribution in [3.8, 4) is 0 Å². The molecule has 1 aliphatic rings. The average Bonchev–Trinajstić information content (AvgIpc) is 3.42. The van der Waals surface area contributed by atoms with Crippen LogP contribution in [0, 0.1) is 0 Å². The van der Waals surface area contributed by atoms with E-state index in [-0.39, 0.29) is 23.8 Å². The van der Waals surface area contributed by atoms with Crippen molar-refractivity contribution in [1.82, 2.24) is 19.6 Å². The summed E-state index contributed by atoms with van der Waals surface area (Å²) in [7, 11) is 0. The molecule has 194 valence electrons. The molecule has 0 fully saturated rings. The van der Waals surface area contributed by atoms with Gasteiger partial charge in [-0.25, -0.2) is 0 Å². The zero-order valence-electron chi connectivity index (χ0n) is 21.4. The second kappa shape index (κ2) is 9.74. The summed E-state index contributed by atoms with van der Waals surface area (Å²) < 4.78 is 4.14. The standard InChI is InChI=1S/C29H29N5O3S/c1-3-32(4-2)15-16-34-23-12-11-22(27-25(23)26(31-34)21-10-9-18(35)17-24(21)38-27)30-13-14-33-28(36)19-7-5-6-8-20(19)29(33)37/h5-12,17,30-31H,3-4,13-16H2,1-2H3. The molecule has 3 aromatic carbocycles. The lowest BCUT2D eigenvalue weighted by molar-refractivity contribution is 0.0660. The van der Waals surface area contributed by atoms with Crippen LogP contribution < -0.4 is 10.7 Å². The largest absolute Gasteiger partial charge is 0.382 e. The lowest BCUT2D eigenvalue weighted by Gasteiger charge is -2.18. The van der Waals surface area contributed by atoms with Crippen LogP contribution in [0.5, 0.6) is 0 Å². The number of carbonyl (C=O) groups is 2. The highest BCUT2D eigenvalue weighted by molar-refractivity contribution is 7.25. The molecule has 8 nitrogen and oxygen atoms in total. The zero-order chi connectivity index (χ0) is 26.4. The Morgan fingerprint density at radius 2 is 1.66 bits per heavy atom. The van der Waals surface area contributed by atoms with E-state index in [2.05, 4.69) is 39.9 Å². The molecule has 2 N–H and O–H groups in total. The van der Waals surface area contributed by atoms with Gasteiger partial charge in [0.05, 0.1) is 39.1 Å². The fraction of sp³-hybridized carbons (Fsp3) is 0.276. The third kappa shape index (κ3) is 3.99. The second-order valence-corrected chi connectivity index (χ2v) is 10.5. The molecule has 0 saturated carbocycles. The lowest BCUT2D eigenvalue weighted by atomic mass is 10.1. The van der Waals surface area contributed by atoms with Crippen LogP contribution in [0.25, 0.3) is 31.2 Å². The lowest BCUT2D eigenvalue weighted by Crippen LogP contribution is -2.34. The molecule has 6 rings (SSSR count). The second-order valence-electron chi connectivity index (χ2n) is 9.50. The van der Waals surface area contributed by atoms with E-state index < -0.39 is 0 Å². The van der Waals surface area contributed by atoms with Crippen molar-refractivity contribution >= 4 is 60.0 Å². The first-order valence-electron chi connectivity index (χ1n) is 13.0. The molecule has 2 amide bonds. The Kier molecular flexibility index (Phi) is 6.25. The van der Waals surface area contributed by atoms with E-state index in [1.807, 2.05) is 12.1 Å². The highest BCUT2D eigenvalue weighted by Gasteiger charge is 2.34. The fourth-order valence-electron chi connectivity index (χ4n) is 5.34. The first-order chi connectivity index (χ1) is 18.5. The molecule has 5 aromatic rings. The van der Waals surface area contributed by atoms with Crippen molar-refractivity contribution in [2.75, 3.05) is 38.0 Å². The van der Waals surface area contributed by atoms with Crippen molar-refractivity contribution in [3.63, 3.8) is 0 Å². The maximum absolute atomic E-state index is 12.8. The van der Waals surface area contributed by atoms with Gasteiger partial charge in [0, 0.05) is 41.2 Å². The molecule has 0 saturated heterocycles. The Labute approximate surface area is 223 Å². The number of aromatic amines is 1. The van der Waals surface area contributed by atoms with Crippen LogP contribution in [0.1, 0.15) is 34.6 Å². The Balaban J connectivity index is 1.34. The number of nitrogens with one attached hydrogen (secondary N) is 2. The SMILES string of the molecule is CCN(CC)CCn1[nH]c2c3ccc(=O)cc3sc3c(NCCN4C(=O)c5ccccc5C4=O)ccc1c32. The van der Waals surface area contributed by atoms with Gasteiger partial charge in [-0.05, 0) is 49.5 Å². The van der Waals surface area contributed by atoms with Gasteiger partial charge in [-0.1, -0.05) is 26.0 Å². The van der Waals surface area contributed by atoms with Gasteiger partial charge in [0.1, 0.15) is 0 Å². The highest BCUT2D eigenvalue weighted by Crippen LogP contribution is 2.40. The maximum Gasteiger partial charge on any atom is 0.261 e. The van der Waals surface area contributed by atoms with Crippen molar-refractivity contribution in [2.24, 2.45) is 0 Å². The van der Waals surface area contributed by atoms with Gasteiger partial charge in [0.2, 0.25) is 0 Å². The van der Waals surface area contributed by atoms with Crippen LogP contribution in [-0.2, 0) is 6.54 Å². The molecule has 1 aliphatic heterocycles. The molecule has 2 aromatic heterocycles. The van der Waals surface area contributed by atoms with Crippen molar-refractivity contribution in [1.29, 1.82) is 0 Å². The Hall–Kier alpha value is -3.95. The van der Waals surface area contributed by atoms with Gasteiger partial charge in [-0.3, -0.25) is 29.1 Å². The number of benzene rings is 3. The molecule has 0 atom stereocenters. The first kappa shape index (κ1) is 24.4. The summed E-state index contributed by atoms with van der Waals surface area (Å²) in [5, 5.41) is 9.21. The summed E-state index contributed by atoms with van der Waals surface area (Å²) in [6.45, 7) is 8.78. The molecule has 0 spiro atoms. The van der Waals surface area contributed by atoms with Crippen molar-refractivity contribution in [2.45, 2.75) is 20.4 Å². The summed E-state index contributed by atoms with van der Waals surface area (Å²) in [4.78, 5) is 41.4. The van der Waals surface area contributed by atoms with Crippen LogP contribution in [0.15, 0.2) is 59.4 Å². The summed E-state index contributed by atoms with van der Waals surface area (Å²) in [6, 6.07) is 16.3. The number of anilines is 1. The summed E-state index contributed by atoms with van der Waals surface area (Å²) >= 11 is 1.58. The highest BCUT2D eigenvalue weighted by atomic mass is 32.1. The zero-order valence-corrected chi connectivity index (χ0v) is 22.2. The van der Waals surface area contributed by atoms with E-state index in [0.717, 1.165) is 63.1 Å². The summed E-state index contributed by atoms with van der Waals surface area (Å²) in [5.74, 6) is -0.504. The summed E-state index contributed by atoms with van der Waals surface area (Å²) in [6.07, 6.45) is 0. The van der Waals surface area contributed by atoms with Crippen LogP contribution >= 0.6 is 11.3 Å². The van der Waals surface area contributed by atoms with Crippen LogP contribution in [0.4, 0.5) is 5.69 Å². The molecular formula is C29H29N5O3S. The number of carbonyl (C=O) groups excluding carboxylic acids is 2. The van der Waals surface area contributed by atoms with Crippen molar-refractivity contribution in [3.05, 3.63) is 75.9 Å². The third-order valence-corrected chi connectivity index (χ3v) is 8.61. The van der Waals surface area contributed by atoms with Crippen molar-refractivity contribution < 1.29 is 9.59 Å². The number of likely N-dealkylation sites (N-methyl/N-ethyl adjacent to an activating group) is 1. The quantitative estimate of drug-likeness (QED) is 0.213. The van der Waals surface area contributed by atoms with Gasteiger partial charge in [0.25, 0.3) is 11.8 Å². The van der Waals surface area contributed by atoms with Gasteiger partial charge >= 0.3 is 0 Å². The first-order valence-corrected chi connectivity index (χ1v) is 13.8. The third-order valence-electron chi connectivity index (χ3n) is 7.42. The number of nitrogens with zero attached hydrogens (tertiary/aromatic N) is 3. The number of hydrogen-bond donors (Lipinski definition) is 2. The van der Waals surface area contributed by atoms with E-state index in [1.165, 1.54) is 4.90 Å². The fourth-order valence-corrected chi connectivity index (χ4v) is 6.57. The number of H-pyrrole nitrogens is 1. The van der Waals surface area contributed by atoms with Crippen LogP contribution in [0.2, 0.25) is 0 Å². The molecule has 0 radical (unpaired) electrons. The Bertz CT molecular complexity index is 1730. The van der Waals surface area contributed by atoms with Gasteiger partial charge in [0.15, 0.2) is 5.43 Å². The number of fused-ring (bicyclic) bond motifs is 3. The number of hydrogen-bond acceptors (Lipinski definition) is 6. The Morgan fingerprint density at radius 1 is 0.921 bits per heavy atom. The van der Waals surface area contributed by atoms with E-state index in [1.54, 1.807) is 47.7 Å². The maximum atomic E-state index is 12.8. The topological polar surface area (TPSA) is 90.4 Å². The minimum absolute atomic E-state index is 0.0204. The number of amides is 2. The minimum atomic E-state index is -0.252. The van der Waals surface area contributed by atoms with Gasteiger partial charge in [-0.15, -0.1) is 11.3 Å². The number of rotatable bonds is 9. The predicted octanol–water partition coefficient (Wildman–Crippen LogP) is 4.75. The van der Waals surface area contributed by atoms with E-state index in [0.29, 0.717) is 17.7 Å². The predicted molar refractivity (Wildman–Crippen MR) is 154 cm³/mol. The average molecular weight is 528 g/mol. The monoisotopic (exact) mass is 527 g/mol. The van der Waals surface area contributed by atoms with Crippen LogP contribution in [0.3, 0.4) is 0 Å². The van der Waals surface area contributed by atoms with E-state index in [4.69, 9.17) is 0 Å². The molecule has 9 heteroatoms. The normalized spacial score (nSPS) is 13.5. The molecule has 0 unspecified atom stereocenters. The number of imide groups is 1.